The summed E-state index contributed by atoms with van der Waals surface area (Å²) >= 11 is 0. The van der Waals surface area contributed by atoms with Crippen LogP contribution in [0.2, 0.25) is 0 Å². The topological polar surface area (TPSA) is 112 Å². The minimum atomic E-state index is -3.73. The van der Waals surface area contributed by atoms with Gasteiger partial charge in [0.15, 0.2) is 5.58 Å². The van der Waals surface area contributed by atoms with Crippen LogP contribution in [0.4, 0.5) is 0 Å². The van der Waals surface area contributed by atoms with E-state index in [4.69, 9.17) is 13.6 Å². The van der Waals surface area contributed by atoms with Crippen LogP contribution in [-0.2, 0) is 17.1 Å². The lowest BCUT2D eigenvalue weighted by Gasteiger charge is -2.37. The van der Waals surface area contributed by atoms with Gasteiger partial charge in [-0.15, -0.1) is 0 Å². The summed E-state index contributed by atoms with van der Waals surface area (Å²) in [6, 6.07) is 7.07. The van der Waals surface area contributed by atoms with E-state index in [9.17, 15) is 18.0 Å². The Balaban J connectivity index is 1.52. The molecule has 0 spiro atoms. The second-order valence-corrected chi connectivity index (χ2v) is 8.28. The lowest BCUT2D eigenvalue weighted by atomic mass is 10.2. The molecule has 0 aliphatic carbocycles. The van der Waals surface area contributed by atoms with Gasteiger partial charge in [-0.1, -0.05) is 0 Å². The first kappa shape index (κ1) is 17.6. The van der Waals surface area contributed by atoms with Crippen LogP contribution in [0.25, 0.3) is 11.1 Å². The fourth-order valence-electron chi connectivity index (χ4n) is 2.92. The number of nitrogens with zero attached hydrogens (tertiary/aromatic N) is 2. The monoisotopic (exact) mass is 392 g/mol. The molecule has 10 heteroatoms. The molecule has 0 bridgehead atoms. The van der Waals surface area contributed by atoms with Gasteiger partial charge in [0.25, 0.3) is 0 Å². The van der Waals surface area contributed by atoms with E-state index in [-0.39, 0.29) is 24.1 Å². The highest BCUT2D eigenvalue weighted by atomic mass is 32.2. The molecule has 1 aliphatic heterocycles. The maximum Gasteiger partial charge on any atom is 0.419 e. The number of rotatable bonds is 4. The van der Waals surface area contributed by atoms with Gasteiger partial charge in [-0.2, -0.15) is 4.31 Å². The van der Waals surface area contributed by atoms with Gasteiger partial charge in [-0.25, -0.2) is 18.0 Å². The predicted octanol–water partition coefficient (Wildman–Crippen LogP) is 0.845. The van der Waals surface area contributed by atoms with Crippen LogP contribution in [-0.4, -0.2) is 36.5 Å². The number of aryl methyl sites for hydroxylation is 2. The van der Waals surface area contributed by atoms with Gasteiger partial charge in [-0.05, 0) is 25.1 Å². The molecular weight excluding hydrogens is 376 g/mol. The average molecular weight is 392 g/mol. The minimum absolute atomic E-state index is 0.0704. The molecule has 0 radical (unpaired) electrons. The number of aromatic nitrogens is 1. The third-order valence-electron chi connectivity index (χ3n) is 4.39. The molecule has 3 heterocycles. The van der Waals surface area contributed by atoms with Crippen LogP contribution in [0.5, 0.6) is 5.75 Å². The van der Waals surface area contributed by atoms with Crippen LogP contribution in [0, 0.1) is 6.92 Å². The molecule has 27 heavy (non-hydrogen) atoms. The van der Waals surface area contributed by atoms with Gasteiger partial charge in [-0.3, -0.25) is 4.57 Å². The van der Waals surface area contributed by atoms with E-state index >= 15 is 0 Å². The van der Waals surface area contributed by atoms with E-state index in [0.717, 1.165) is 0 Å². The number of hydrogen-bond donors (Lipinski definition) is 0. The first-order valence-corrected chi connectivity index (χ1v) is 9.56. The zero-order valence-electron chi connectivity index (χ0n) is 14.5. The Morgan fingerprint density at radius 1 is 1.11 bits per heavy atom. The fourth-order valence-corrected chi connectivity index (χ4v) is 4.45. The molecular formula is C17H16N2O7S. The van der Waals surface area contributed by atoms with Crippen molar-refractivity contribution < 1.29 is 22.0 Å². The standard InChI is InChI=1S/C17H16N2O7S/c1-10-5-11(6-16(20)24-10)25-12-8-19(9-12)27(22,23)13-3-4-15-14(7-13)18(2)17(21)26-15/h3-7,12H,8-9H2,1-2H3. The van der Waals surface area contributed by atoms with Crippen molar-refractivity contribution in [3.8, 4) is 5.75 Å². The summed E-state index contributed by atoms with van der Waals surface area (Å²) < 4.78 is 43.6. The molecule has 142 valence electrons. The van der Waals surface area contributed by atoms with Crippen molar-refractivity contribution in [1.82, 2.24) is 8.87 Å². The summed E-state index contributed by atoms with van der Waals surface area (Å²) in [6.07, 6.45) is -0.358. The average Bonchev–Trinajstić information content (AvgIpc) is 2.83. The van der Waals surface area contributed by atoms with Crippen LogP contribution in [0.1, 0.15) is 5.76 Å². The van der Waals surface area contributed by atoms with Crippen molar-refractivity contribution in [2.75, 3.05) is 13.1 Å². The Bertz CT molecular complexity index is 1250. The number of hydrogen-bond acceptors (Lipinski definition) is 7. The Morgan fingerprint density at radius 2 is 1.85 bits per heavy atom. The zero-order valence-corrected chi connectivity index (χ0v) is 15.4. The van der Waals surface area contributed by atoms with E-state index in [1.54, 1.807) is 13.0 Å². The quantitative estimate of drug-likeness (QED) is 0.647. The molecule has 1 aliphatic rings. The van der Waals surface area contributed by atoms with E-state index in [1.807, 2.05) is 0 Å². The van der Waals surface area contributed by atoms with Crippen molar-refractivity contribution in [3.63, 3.8) is 0 Å². The Hall–Kier alpha value is -2.85. The summed E-state index contributed by atoms with van der Waals surface area (Å²) in [5.74, 6) is 0.209. The van der Waals surface area contributed by atoms with Gasteiger partial charge in [0.1, 0.15) is 17.6 Å². The van der Waals surface area contributed by atoms with Crippen molar-refractivity contribution in [1.29, 1.82) is 0 Å². The Labute approximate surface area is 153 Å². The number of ether oxygens (including phenoxy) is 1. The number of fused-ring (bicyclic) bond motifs is 1. The Morgan fingerprint density at radius 3 is 2.56 bits per heavy atom. The predicted molar refractivity (Wildman–Crippen MR) is 94.3 cm³/mol. The van der Waals surface area contributed by atoms with Crippen LogP contribution >= 0.6 is 0 Å². The number of benzene rings is 1. The van der Waals surface area contributed by atoms with Gasteiger partial charge >= 0.3 is 11.4 Å². The molecule has 9 nitrogen and oxygen atoms in total. The lowest BCUT2D eigenvalue weighted by molar-refractivity contribution is 0.0754. The highest BCUT2D eigenvalue weighted by Gasteiger charge is 2.38. The summed E-state index contributed by atoms with van der Waals surface area (Å²) in [4.78, 5) is 23.0. The fraction of sp³-hybridized carbons (Fsp3) is 0.294. The normalized spacial score (nSPS) is 15.8. The maximum absolute atomic E-state index is 12.8. The molecule has 0 saturated carbocycles. The summed E-state index contributed by atoms with van der Waals surface area (Å²) in [7, 11) is -2.22. The molecule has 1 saturated heterocycles. The van der Waals surface area contributed by atoms with E-state index in [2.05, 4.69) is 0 Å². The van der Waals surface area contributed by atoms with Crippen molar-refractivity contribution >= 4 is 21.1 Å². The zero-order chi connectivity index (χ0) is 19.3. The molecule has 0 amide bonds. The number of oxazole rings is 1. The Kier molecular flexibility index (Phi) is 3.97. The maximum atomic E-state index is 12.8. The second kappa shape index (κ2) is 6.10. The van der Waals surface area contributed by atoms with Gasteiger partial charge in [0.2, 0.25) is 10.0 Å². The molecule has 2 aromatic heterocycles. The summed E-state index contributed by atoms with van der Waals surface area (Å²) in [5.41, 5.74) is 0.207. The smallest absolute Gasteiger partial charge is 0.419 e. The van der Waals surface area contributed by atoms with Crippen LogP contribution < -0.4 is 16.1 Å². The highest BCUT2D eigenvalue weighted by molar-refractivity contribution is 7.89. The first-order valence-electron chi connectivity index (χ1n) is 8.12. The third-order valence-corrected chi connectivity index (χ3v) is 6.21. The van der Waals surface area contributed by atoms with Crippen LogP contribution in [0.15, 0.2) is 53.7 Å². The molecule has 4 rings (SSSR count). The van der Waals surface area contributed by atoms with Crippen molar-refractivity contribution in [3.05, 3.63) is 57.1 Å². The minimum Gasteiger partial charge on any atom is -0.487 e. The van der Waals surface area contributed by atoms with Gasteiger partial charge in [0.05, 0.1) is 29.6 Å². The van der Waals surface area contributed by atoms with E-state index < -0.39 is 21.4 Å². The SMILES string of the molecule is Cc1cc(OC2CN(S(=O)(=O)c3ccc4oc(=O)n(C)c4c3)C2)cc(=O)o1. The van der Waals surface area contributed by atoms with Crippen molar-refractivity contribution in [2.24, 2.45) is 7.05 Å². The third kappa shape index (κ3) is 3.06. The largest absolute Gasteiger partial charge is 0.487 e. The highest BCUT2D eigenvalue weighted by Crippen LogP contribution is 2.26. The van der Waals surface area contributed by atoms with E-state index in [0.29, 0.717) is 22.6 Å². The first-order chi connectivity index (χ1) is 12.7. The van der Waals surface area contributed by atoms with E-state index in [1.165, 1.54) is 40.2 Å². The second-order valence-electron chi connectivity index (χ2n) is 6.34. The van der Waals surface area contributed by atoms with Gasteiger partial charge < -0.3 is 13.6 Å². The molecule has 3 aromatic rings. The number of sulfonamides is 1. The molecule has 0 N–H and O–H groups in total. The lowest BCUT2D eigenvalue weighted by Crippen LogP contribution is -2.56. The molecule has 1 aromatic carbocycles. The molecule has 1 fully saturated rings. The summed E-state index contributed by atoms with van der Waals surface area (Å²) in [6.45, 7) is 1.94. The summed E-state index contributed by atoms with van der Waals surface area (Å²) in [5, 5.41) is 0. The van der Waals surface area contributed by atoms with Gasteiger partial charge in [0, 0.05) is 13.1 Å². The van der Waals surface area contributed by atoms with Crippen LogP contribution in [0.3, 0.4) is 0 Å². The molecule has 0 unspecified atom stereocenters. The molecule has 0 atom stereocenters. The van der Waals surface area contributed by atoms with Crippen molar-refractivity contribution in [2.45, 2.75) is 17.9 Å².